The molecule has 2 rings (SSSR count). The largest absolute Gasteiger partial charge is 0.477 e. The van der Waals surface area contributed by atoms with Crippen molar-refractivity contribution in [3.8, 4) is 5.88 Å². The van der Waals surface area contributed by atoms with E-state index in [9.17, 15) is 0 Å². The average Bonchev–Trinajstić information content (AvgIpc) is 2.83. The van der Waals surface area contributed by atoms with Crippen LogP contribution in [0.25, 0.3) is 0 Å². The number of nitrogens with zero attached hydrogens (tertiary/aromatic N) is 3. The zero-order chi connectivity index (χ0) is 12.1. The van der Waals surface area contributed by atoms with Gasteiger partial charge in [0.25, 0.3) is 0 Å². The van der Waals surface area contributed by atoms with Gasteiger partial charge in [-0.3, -0.25) is 5.10 Å². The summed E-state index contributed by atoms with van der Waals surface area (Å²) in [4.78, 5) is 8.20. The average molecular weight is 254 g/mol. The zero-order valence-corrected chi connectivity index (χ0v) is 10.0. The van der Waals surface area contributed by atoms with Crippen molar-refractivity contribution in [1.29, 1.82) is 0 Å². The molecule has 17 heavy (non-hydrogen) atoms. The molecule has 0 atom stereocenters. The van der Waals surface area contributed by atoms with Crippen molar-refractivity contribution in [3.63, 3.8) is 0 Å². The van der Waals surface area contributed by atoms with Gasteiger partial charge in [-0.05, 0) is 13.0 Å². The fourth-order valence-electron chi connectivity index (χ4n) is 1.23. The number of aromatic nitrogens is 4. The fraction of sp³-hybridized carbons (Fsp3) is 0.300. The molecule has 0 aromatic carbocycles. The molecule has 7 heteroatoms. The lowest BCUT2D eigenvalue weighted by atomic mass is 10.4. The maximum Gasteiger partial charge on any atom is 0.237 e. The van der Waals surface area contributed by atoms with Crippen LogP contribution >= 0.6 is 11.6 Å². The Labute approximate surface area is 103 Å². The van der Waals surface area contributed by atoms with Crippen molar-refractivity contribution in [2.24, 2.45) is 0 Å². The Bertz CT molecular complexity index is 474. The number of hydrogen-bond donors (Lipinski definition) is 2. The molecule has 0 aliphatic rings. The Hall–Kier alpha value is -1.82. The summed E-state index contributed by atoms with van der Waals surface area (Å²) < 4.78 is 5.27. The lowest BCUT2D eigenvalue weighted by molar-refractivity contribution is 0.327. The second-order valence-electron chi connectivity index (χ2n) is 3.22. The lowest BCUT2D eigenvalue weighted by Gasteiger charge is -2.07. The molecule has 90 valence electrons. The van der Waals surface area contributed by atoms with Crippen LogP contribution in [0.4, 0.5) is 5.95 Å². The van der Waals surface area contributed by atoms with E-state index >= 15 is 0 Å². The van der Waals surface area contributed by atoms with E-state index in [-0.39, 0.29) is 0 Å². The minimum Gasteiger partial charge on any atom is -0.477 e. The van der Waals surface area contributed by atoms with E-state index in [0.29, 0.717) is 30.0 Å². The van der Waals surface area contributed by atoms with Gasteiger partial charge in [-0.1, -0.05) is 11.6 Å². The Morgan fingerprint density at radius 1 is 1.53 bits per heavy atom. The first-order valence-corrected chi connectivity index (χ1v) is 5.55. The van der Waals surface area contributed by atoms with Crippen LogP contribution in [0.2, 0.25) is 5.02 Å². The molecule has 2 aromatic rings. The van der Waals surface area contributed by atoms with Crippen LogP contribution in [0, 0.1) is 0 Å². The molecule has 0 radical (unpaired) electrons. The van der Waals surface area contributed by atoms with E-state index in [1.165, 1.54) is 6.20 Å². The first-order chi connectivity index (χ1) is 8.29. The van der Waals surface area contributed by atoms with Gasteiger partial charge in [0, 0.05) is 6.20 Å². The number of rotatable bonds is 5. The molecular formula is C10H12ClN5O. The molecule has 0 unspecified atom stereocenters. The summed E-state index contributed by atoms with van der Waals surface area (Å²) in [6.45, 7) is 2.94. The summed E-state index contributed by atoms with van der Waals surface area (Å²) in [5, 5.41) is 10.1. The normalized spacial score (nSPS) is 10.2. The molecule has 0 aliphatic heterocycles. The summed E-state index contributed by atoms with van der Waals surface area (Å²) >= 11 is 5.88. The second kappa shape index (κ2) is 5.49. The van der Waals surface area contributed by atoms with Crippen LogP contribution in [0.3, 0.4) is 0 Å². The Kier molecular flexibility index (Phi) is 3.77. The monoisotopic (exact) mass is 253 g/mol. The summed E-state index contributed by atoms with van der Waals surface area (Å²) in [7, 11) is 0. The van der Waals surface area contributed by atoms with E-state index < -0.39 is 0 Å². The maximum atomic E-state index is 5.88. The third kappa shape index (κ3) is 3.07. The highest BCUT2D eigenvalue weighted by Gasteiger charge is 2.06. The molecule has 2 aromatic heterocycles. The van der Waals surface area contributed by atoms with E-state index in [1.54, 1.807) is 6.20 Å². The molecule has 2 N–H and O–H groups in total. The van der Waals surface area contributed by atoms with Gasteiger partial charge >= 0.3 is 0 Å². The summed E-state index contributed by atoms with van der Waals surface area (Å²) in [6, 6.07) is 1.87. The third-order valence-corrected chi connectivity index (χ3v) is 2.25. The Balaban J connectivity index is 2.03. The molecular weight excluding hydrogens is 242 g/mol. The number of nitrogens with one attached hydrogen (secondary N) is 2. The van der Waals surface area contributed by atoms with Gasteiger partial charge in [-0.15, -0.1) is 0 Å². The third-order valence-electron chi connectivity index (χ3n) is 1.99. The molecule has 0 fully saturated rings. The molecule has 0 bridgehead atoms. The SMILES string of the molecule is CCOc1nc(NCc2ccn[nH]2)ncc1Cl. The topological polar surface area (TPSA) is 75.7 Å². The first-order valence-electron chi connectivity index (χ1n) is 5.17. The van der Waals surface area contributed by atoms with E-state index in [1.807, 2.05) is 13.0 Å². The zero-order valence-electron chi connectivity index (χ0n) is 9.27. The van der Waals surface area contributed by atoms with Gasteiger partial charge in [0.2, 0.25) is 11.8 Å². The van der Waals surface area contributed by atoms with Crippen molar-refractivity contribution < 1.29 is 4.74 Å². The van der Waals surface area contributed by atoms with Gasteiger partial charge in [0.1, 0.15) is 5.02 Å². The summed E-state index contributed by atoms with van der Waals surface area (Å²) in [5.41, 5.74) is 0.946. The number of H-pyrrole nitrogens is 1. The Morgan fingerprint density at radius 2 is 2.41 bits per heavy atom. The molecule has 2 heterocycles. The van der Waals surface area contributed by atoms with Gasteiger partial charge < -0.3 is 10.1 Å². The van der Waals surface area contributed by atoms with Crippen LogP contribution in [-0.4, -0.2) is 26.8 Å². The highest BCUT2D eigenvalue weighted by molar-refractivity contribution is 6.31. The summed E-state index contributed by atoms with van der Waals surface area (Å²) in [5.74, 6) is 0.851. The van der Waals surface area contributed by atoms with Crippen molar-refractivity contribution in [1.82, 2.24) is 20.2 Å². The maximum absolute atomic E-state index is 5.88. The number of anilines is 1. The van der Waals surface area contributed by atoms with Gasteiger partial charge in [0.05, 0.1) is 25.0 Å². The van der Waals surface area contributed by atoms with Gasteiger partial charge in [0.15, 0.2) is 0 Å². The van der Waals surface area contributed by atoms with Crippen molar-refractivity contribution in [2.75, 3.05) is 11.9 Å². The molecule has 0 aliphatic carbocycles. The second-order valence-corrected chi connectivity index (χ2v) is 3.62. The van der Waals surface area contributed by atoms with E-state index in [0.717, 1.165) is 5.69 Å². The van der Waals surface area contributed by atoms with Gasteiger partial charge in [-0.2, -0.15) is 10.1 Å². The molecule has 0 saturated heterocycles. The van der Waals surface area contributed by atoms with Crippen LogP contribution in [0.5, 0.6) is 5.88 Å². The van der Waals surface area contributed by atoms with Crippen LogP contribution in [0.1, 0.15) is 12.6 Å². The number of ether oxygens (including phenoxy) is 1. The molecule has 0 saturated carbocycles. The van der Waals surface area contributed by atoms with Crippen LogP contribution < -0.4 is 10.1 Å². The first kappa shape index (κ1) is 11.7. The molecule has 0 amide bonds. The smallest absolute Gasteiger partial charge is 0.237 e. The number of aromatic amines is 1. The van der Waals surface area contributed by atoms with Gasteiger partial charge in [-0.25, -0.2) is 4.98 Å². The minimum atomic E-state index is 0.385. The number of hydrogen-bond acceptors (Lipinski definition) is 5. The molecule has 6 nitrogen and oxygen atoms in total. The van der Waals surface area contributed by atoms with E-state index in [2.05, 4.69) is 25.5 Å². The quantitative estimate of drug-likeness (QED) is 0.851. The minimum absolute atomic E-state index is 0.385. The van der Waals surface area contributed by atoms with Crippen LogP contribution in [0.15, 0.2) is 18.5 Å². The highest BCUT2D eigenvalue weighted by Crippen LogP contribution is 2.21. The van der Waals surface area contributed by atoms with Crippen molar-refractivity contribution in [2.45, 2.75) is 13.5 Å². The predicted octanol–water partition coefficient (Wildman–Crippen LogP) is 1.86. The fourth-order valence-corrected chi connectivity index (χ4v) is 1.38. The molecule has 0 spiro atoms. The summed E-state index contributed by atoms with van der Waals surface area (Å²) in [6.07, 6.45) is 3.19. The standard InChI is InChI=1S/C10H12ClN5O/c1-2-17-9-8(11)6-13-10(15-9)12-5-7-3-4-14-16-7/h3-4,6H,2,5H2,1H3,(H,14,16)(H,12,13,15). The van der Waals surface area contributed by atoms with E-state index in [4.69, 9.17) is 16.3 Å². The lowest BCUT2D eigenvalue weighted by Crippen LogP contribution is -2.05. The number of halogens is 1. The van der Waals surface area contributed by atoms with Crippen molar-refractivity contribution >= 4 is 17.5 Å². The van der Waals surface area contributed by atoms with Crippen LogP contribution in [-0.2, 0) is 6.54 Å². The van der Waals surface area contributed by atoms with Crippen molar-refractivity contribution in [3.05, 3.63) is 29.2 Å². The Morgan fingerprint density at radius 3 is 3.12 bits per heavy atom. The highest BCUT2D eigenvalue weighted by atomic mass is 35.5. The predicted molar refractivity (Wildman–Crippen MR) is 64.1 cm³/mol.